The third kappa shape index (κ3) is 4.33. The summed E-state index contributed by atoms with van der Waals surface area (Å²) in [5.74, 6) is -1.05. The summed E-state index contributed by atoms with van der Waals surface area (Å²) in [6.45, 7) is 0.120. The van der Waals surface area contributed by atoms with Gasteiger partial charge in [-0.05, 0) is 17.0 Å². The van der Waals surface area contributed by atoms with Gasteiger partial charge in [0.05, 0.1) is 0 Å². The third-order valence-corrected chi connectivity index (χ3v) is 4.12. The summed E-state index contributed by atoms with van der Waals surface area (Å²) in [6, 6.07) is 12.0. The lowest BCUT2D eigenvalue weighted by Crippen LogP contribution is -2.43. The lowest BCUT2D eigenvalue weighted by molar-refractivity contribution is -0.142. The average Bonchev–Trinajstić information content (AvgIpc) is 3.03. The predicted octanol–water partition coefficient (Wildman–Crippen LogP) is 3.01. The average molecular weight is 319 g/mol. The molecule has 1 atom stereocenters. The SMILES string of the molecule is CN(C(=O)OCc1ccccc1)[C@H](Cc1cccs1)C(=O)O. The molecule has 0 radical (unpaired) electrons. The molecule has 1 aromatic heterocycles. The number of benzene rings is 1. The van der Waals surface area contributed by atoms with E-state index in [9.17, 15) is 14.7 Å². The lowest BCUT2D eigenvalue weighted by atomic mass is 10.1. The smallest absolute Gasteiger partial charge is 0.410 e. The minimum atomic E-state index is -1.05. The third-order valence-electron chi connectivity index (χ3n) is 3.22. The summed E-state index contributed by atoms with van der Waals surface area (Å²) in [5, 5.41) is 11.2. The van der Waals surface area contributed by atoms with Crippen molar-refractivity contribution in [2.24, 2.45) is 0 Å². The summed E-state index contributed by atoms with van der Waals surface area (Å²) in [4.78, 5) is 25.5. The molecule has 1 N–H and O–H groups in total. The van der Waals surface area contributed by atoms with Crippen LogP contribution in [-0.2, 0) is 22.6 Å². The number of carbonyl (C=O) groups is 2. The van der Waals surface area contributed by atoms with Crippen LogP contribution in [-0.4, -0.2) is 35.2 Å². The second-order valence-corrected chi connectivity index (χ2v) is 5.82. The topological polar surface area (TPSA) is 66.8 Å². The first-order chi connectivity index (χ1) is 10.6. The second kappa shape index (κ2) is 7.61. The molecular formula is C16H17NO4S. The number of carboxylic acid groups (broad SMARTS) is 1. The number of carbonyl (C=O) groups excluding carboxylic acids is 1. The first-order valence-corrected chi connectivity index (χ1v) is 7.64. The molecular weight excluding hydrogens is 302 g/mol. The van der Waals surface area contributed by atoms with Crippen molar-refractivity contribution in [3.8, 4) is 0 Å². The van der Waals surface area contributed by atoms with Crippen LogP contribution < -0.4 is 0 Å². The van der Waals surface area contributed by atoms with Gasteiger partial charge < -0.3 is 9.84 Å². The largest absolute Gasteiger partial charge is 0.480 e. The van der Waals surface area contributed by atoms with Gasteiger partial charge in [-0.25, -0.2) is 9.59 Å². The number of ether oxygens (including phenoxy) is 1. The second-order valence-electron chi connectivity index (χ2n) is 4.79. The zero-order valence-electron chi connectivity index (χ0n) is 12.1. The zero-order chi connectivity index (χ0) is 15.9. The normalized spacial score (nSPS) is 11.7. The molecule has 1 aromatic carbocycles. The number of thiophene rings is 1. The van der Waals surface area contributed by atoms with Crippen molar-refractivity contribution >= 4 is 23.4 Å². The summed E-state index contributed by atoms with van der Waals surface area (Å²) in [6.07, 6.45) is -0.378. The summed E-state index contributed by atoms with van der Waals surface area (Å²) < 4.78 is 5.17. The highest BCUT2D eigenvalue weighted by Gasteiger charge is 2.28. The molecule has 0 saturated heterocycles. The van der Waals surface area contributed by atoms with E-state index < -0.39 is 18.1 Å². The maximum absolute atomic E-state index is 12.0. The summed E-state index contributed by atoms with van der Waals surface area (Å²) in [5.41, 5.74) is 0.856. The van der Waals surface area contributed by atoms with E-state index in [0.717, 1.165) is 15.3 Å². The Labute approximate surface area is 132 Å². The number of aliphatic carboxylic acids is 1. The molecule has 0 bridgehead atoms. The molecule has 0 aliphatic rings. The van der Waals surface area contributed by atoms with Crippen molar-refractivity contribution in [1.29, 1.82) is 0 Å². The number of rotatable bonds is 6. The van der Waals surface area contributed by atoms with E-state index in [-0.39, 0.29) is 13.0 Å². The molecule has 1 heterocycles. The van der Waals surface area contributed by atoms with E-state index in [2.05, 4.69) is 0 Å². The zero-order valence-corrected chi connectivity index (χ0v) is 13.0. The predicted molar refractivity (Wildman–Crippen MR) is 83.8 cm³/mol. The van der Waals surface area contributed by atoms with Gasteiger partial charge >= 0.3 is 12.1 Å². The van der Waals surface area contributed by atoms with Crippen LogP contribution >= 0.6 is 11.3 Å². The summed E-state index contributed by atoms with van der Waals surface area (Å²) >= 11 is 1.47. The van der Waals surface area contributed by atoms with E-state index in [4.69, 9.17) is 4.74 Å². The number of hydrogen-bond acceptors (Lipinski definition) is 4. The van der Waals surface area contributed by atoms with E-state index in [0.29, 0.717) is 0 Å². The van der Waals surface area contributed by atoms with E-state index >= 15 is 0 Å². The fourth-order valence-electron chi connectivity index (χ4n) is 1.96. The number of likely N-dealkylation sites (N-methyl/N-ethyl adjacent to an activating group) is 1. The highest BCUT2D eigenvalue weighted by Crippen LogP contribution is 2.15. The van der Waals surface area contributed by atoms with Crippen LogP contribution in [0.3, 0.4) is 0 Å². The van der Waals surface area contributed by atoms with Gasteiger partial charge in [0, 0.05) is 18.3 Å². The lowest BCUT2D eigenvalue weighted by Gasteiger charge is -2.23. The number of amides is 1. The maximum atomic E-state index is 12.0. The Morgan fingerprint density at radius 3 is 2.55 bits per heavy atom. The van der Waals surface area contributed by atoms with Crippen LogP contribution in [0, 0.1) is 0 Å². The van der Waals surface area contributed by atoms with Gasteiger partial charge in [-0.2, -0.15) is 0 Å². The van der Waals surface area contributed by atoms with Crippen LogP contribution in [0.4, 0.5) is 4.79 Å². The molecule has 2 rings (SSSR count). The van der Waals surface area contributed by atoms with Crippen molar-refractivity contribution < 1.29 is 19.4 Å². The fraction of sp³-hybridized carbons (Fsp3) is 0.250. The Morgan fingerprint density at radius 1 is 1.23 bits per heavy atom. The van der Waals surface area contributed by atoms with Crippen molar-refractivity contribution in [2.45, 2.75) is 19.1 Å². The Hall–Kier alpha value is -2.34. The molecule has 5 nitrogen and oxygen atoms in total. The minimum absolute atomic E-state index is 0.120. The molecule has 0 fully saturated rings. The molecule has 0 spiro atoms. The van der Waals surface area contributed by atoms with Gasteiger partial charge in [0.15, 0.2) is 0 Å². The van der Waals surface area contributed by atoms with Crippen LogP contribution in [0.15, 0.2) is 47.8 Å². The van der Waals surface area contributed by atoms with Crippen LogP contribution in [0.25, 0.3) is 0 Å². The molecule has 2 aromatic rings. The van der Waals surface area contributed by atoms with Crippen LogP contribution in [0.5, 0.6) is 0 Å². The molecule has 0 saturated carbocycles. The fourth-order valence-corrected chi connectivity index (χ4v) is 2.70. The van der Waals surface area contributed by atoms with Crippen LogP contribution in [0.2, 0.25) is 0 Å². The highest BCUT2D eigenvalue weighted by molar-refractivity contribution is 7.09. The van der Waals surface area contributed by atoms with Crippen molar-refractivity contribution in [3.05, 3.63) is 58.3 Å². The Balaban J connectivity index is 1.95. The molecule has 22 heavy (non-hydrogen) atoms. The standard InChI is InChI=1S/C16H17NO4S/c1-17(14(15(18)19)10-13-8-5-9-22-13)16(20)21-11-12-6-3-2-4-7-12/h2-9,14H,10-11H2,1H3,(H,18,19)/t14-/m1/s1. The highest BCUT2D eigenvalue weighted by atomic mass is 32.1. The molecule has 116 valence electrons. The molecule has 0 aliphatic carbocycles. The molecule has 1 amide bonds. The Kier molecular flexibility index (Phi) is 5.55. The monoisotopic (exact) mass is 319 g/mol. The van der Waals surface area contributed by atoms with Gasteiger partial charge in [0.1, 0.15) is 12.6 Å². The Morgan fingerprint density at radius 2 is 1.95 bits per heavy atom. The van der Waals surface area contributed by atoms with Crippen LogP contribution in [0.1, 0.15) is 10.4 Å². The molecule has 0 unspecified atom stereocenters. The molecule has 0 aliphatic heterocycles. The van der Waals surface area contributed by atoms with E-state index in [1.165, 1.54) is 18.4 Å². The van der Waals surface area contributed by atoms with Crippen molar-refractivity contribution in [1.82, 2.24) is 4.90 Å². The number of hydrogen-bond donors (Lipinski definition) is 1. The van der Waals surface area contributed by atoms with Gasteiger partial charge in [0.2, 0.25) is 0 Å². The van der Waals surface area contributed by atoms with E-state index in [1.54, 1.807) is 0 Å². The Bertz CT molecular complexity index is 612. The van der Waals surface area contributed by atoms with Crippen molar-refractivity contribution in [2.75, 3.05) is 7.05 Å². The van der Waals surface area contributed by atoms with E-state index in [1.807, 2.05) is 47.8 Å². The quantitative estimate of drug-likeness (QED) is 0.889. The first kappa shape index (κ1) is 16.0. The van der Waals surface area contributed by atoms with Gasteiger partial charge in [0.25, 0.3) is 0 Å². The number of carboxylic acids is 1. The van der Waals surface area contributed by atoms with Gasteiger partial charge in [-0.3, -0.25) is 4.90 Å². The van der Waals surface area contributed by atoms with Gasteiger partial charge in [-0.15, -0.1) is 11.3 Å². The maximum Gasteiger partial charge on any atom is 0.410 e. The first-order valence-electron chi connectivity index (χ1n) is 6.76. The summed E-state index contributed by atoms with van der Waals surface area (Å²) in [7, 11) is 1.44. The molecule has 6 heteroatoms. The minimum Gasteiger partial charge on any atom is -0.480 e. The number of nitrogens with zero attached hydrogens (tertiary/aromatic N) is 1. The van der Waals surface area contributed by atoms with Crippen molar-refractivity contribution in [3.63, 3.8) is 0 Å². The van der Waals surface area contributed by atoms with Gasteiger partial charge in [-0.1, -0.05) is 36.4 Å².